The number of amides is 4. The van der Waals surface area contributed by atoms with E-state index in [-0.39, 0.29) is 18.6 Å². The third-order valence-electron chi connectivity index (χ3n) is 4.70. The molecule has 2 rings (SSSR count). The fourth-order valence-electron chi connectivity index (χ4n) is 3.23. The van der Waals surface area contributed by atoms with Gasteiger partial charge in [0.1, 0.15) is 0 Å². The molecule has 0 radical (unpaired) electrons. The fourth-order valence-corrected chi connectivity index (χ4v) is 3.23. The van der Waals surface area contributed by atoms with Crippen LogP contribution < -0.4 is 26.6 Å². The first-order valence-electron chi connectivity index (χ1n) is 9.41. The van der Waals surface area contributed by atoms with Crippen molar-refractivity contribution in [1.82, 2.24) is 26.6 Å². The lowest BCUT2D eigenvalue weighted by molar-refractivity contribution is -0.149. The average molecular weight is 381 g/mol. The number of hydrogen-bond donors (Lipinski definition) is 5. The molecule has 0 aromatic heterocycles. The number of hydrogen-bond acceptors (Lipinski definition) is 7. The van der Waals surface area contributed by atoms with E-state index in [2.05, 4.69) is 21.3 Å². The Morgan fingerprint density at radius 3 is 2.11 bits per heavy atom. The molecule has 2 aliphatic rings. The summed E-state index contributed by atoms with van der Waals surface area (Å²) in [5.41, 5.74) is 0. The van der Waals surface area contributed by atoms with E-state index in [1.54, 1.807) is 5.32 Å². The number of nitrogens with one attached hydrogen (secondary N) is 5. The molecule has 1 aliphatic heterocycles. The van der Waals surface area contributed by atoms with Gasteiger partial charge < -0.3 is 21.3 Å². The zero-order chi connectivity index (χ0) is 19.6. The second kappa shape index (κ2) is 10.7. The Morgan fingerprint density at radius 2 is 1.33 bits per heavy atom. The van der Waals surface area contributed by atoms with Crippen LogP contribution in [0.3, 0.4) is 0 Å². The molecule has 5 N–H and O–H groups in total. The third-order valence-corrected chi connectivity index (χ3v) is 4.70. The summed E-state index contributed by atoms with van der Waals surface area (Å²) >= 11 is 0. The van der Waals surface area contributed by atoms with Gasteiger partial charge in [0.25, 0.3) is 5.91 Å². The van der Waals surface area contributed by atoms with Gasteiger partial charge in [0.05, 0.1) is 0 Å². The van der Waals surface area contributed by atoms with Crippen LogP contribution in [0.25, 0.3) is 0 Å². The monoisotopic (exact) mass is 381 g/mol. The molecule has 0 aromatic carbocycles. The van der Waals surface area contributed by atoms with Crippen molar-refractivity contribution < 1.29 is 24.0 Å². The Bertz CT molecular complexity index is 594. The van der Waals surface area contributed by atoms with Gasteiger partial charge in [-0.15, -0.1) is 0 Å². The van der Waals surface area contributed by atoms with Crippen LogP contribution in [-0.4, -0.2) is 67.7 Å². The number of imide groups is 1. The standard InChI is InChI=1S/C17H27N5O5/c23-13-14(24)21-12-6-2-1-5-11(12)19-8-4-3-7-18-9-10-20-16(26)17(27)22-15(13)25/h11-12,18-19H,1-10H2,(H,20,26)(H,21,24)(H,22,25,27). The molecule has 2 fully saturated rings. The van der Waals surface area contributed by atoms with E-state index < -0.39 is 29.4 Å². The van der Waals surface area contributed by atoms with E-state index in [0.717, 1.165) is 45.2 Å². The average Bonchev–Trinajstić information content (AvgIpc) is 2.66. The molecular weight excluding hydrogens is 354 g/mol. The summed E-state index contributed by atoms with van der Waals surface area (Å²) < 4.78 is 0. The van der Waals surface area contributed by atoms with Crippen molar-refractivity contribution in [3.63, 3.8) is 0 Å². The smallest absolute Gasteiger partial charge is 0.316 e. The Kier molecular flexibility index (Phi) is 8.34. The third kappa shape index (κ3) is 6.72. The molecule has 27 heavy (non-hydrogen) atoms. The van der Waals surface area contributed by atoms with Crippen molar-refractivity contribution in [3.05, 3.63) is 0 Å². The highest BCUT2D eigenvalue weighted by Gasteiger charge is 2.31. The van der Waals surface area contributed by atoms with Crippen LogP contribution in [0, 0.1) is 0 Å². The number of ketones is 1. The van der Waals surface area contributed by atoms with Crippen molar-refractivity contribution in [2.75, 3.05) is 26.2 Å². The van der Waals surface area contributed by atoms with E-state index in [9.17, 15) is 24.0 Å². The maximum Gasteiger partial charge on any atom is 0.316 e. The van der Waals surface area contributed by atoms with Crippen molar-refractivity contribution in [2.45, 2.75) is 50.6 Å². The zero-order valence-electron chi connectivity index (χ0n) is 15.3. The topological polar surface area (TPSA) is 145 Å². The molecule has 10 heteroatoms. The molecule has 150 valence electrons. The lowest BCUT2D eigenvalue weighted by Crippen LogP contribution is -2.55. The predicted molar refractivity (Wildman–Crippen MR) is 95.5 cm³/mol. The summed E-state index contributed by atoms with van der Waals surface area (Å²) in [7, 11) is 0. The maximum atomic E-state index is 12.1. The van der Waals surface area contributed by atoms with Crippen LogP contribution in [0.5, 0.6) is 0 Å². The molecule has 2 atom stereocenters. The summed E-state index contributed by atoms with van der Waals surface area (Å²) in [5.74, 6) is -6.16. The van der Waals surface area contributed by atoms with Crippen molar-refractivity contribution in [3.8, 4) is 0 Å². The fraction of sp³-hybridized carbons (Fsp3) is 0.706. The highest BCUT2D eigenvalue weighted by molar-refractivity contribution is 6.65. The molecular formula is C17H27N5O5. The van der Waals surface area contributed by atoms with Crippen LogP contribution in [0.4, 0.5) is 0 Å². The lowest BCUT2D eigenvalue weighted by atomic mass is 9.90. The maximum absolute atomic E-state index is 12.1. The molecule has 10 nitrogen and oxygen atoms in total. The van der Waals surface area contributed by atoms with Gasteiger partial charge in [-0.2, -0.15) is 0 Å². The number of carbonyl (C=O) groups excluding carboxylic acids is 5. The molecule has 0 aromatic rings. The van der Waals surface area contributed by atoms with Gasteiger partial charge >= 0.3 is 23.5 Å². The van der Waals surface area contributed by atoms with Crippen LogP contribution in [0.2, 0.25) is 0 Å². The molecule has 2 unspecified atom stereocenters. The van der Waals surface area contributed by atoms with E-state index in [4.69, 9.17) is 0 Å². The van der Waals surface area contributed by atoms with Crippen molar-refractivity contribution in [2.24, 2.45) is 0 Å². The van der Waals surface area contributed by atoms with Crippen molar-refractivity contribution in [1.29, 1.82) is 0 Å². The molecule has 1 aliphatic carbocycles. The number of fused-ring (bicyclic) bond motifs is 1. The summed E-state index contributed by atoms with van der Waals surface area (Å²) in [5, 5.41) is 13.1. The van der Waals surface area contributed by atoms with Gasteiger partial charge in [0.2, 0.25) is 0 Å². The SMILES string of the molecule is O=C1NCCNCCCCNC2CCCCC2NC(=O)C(=O)C(=O)NC1=O. The van der Waals surface area contributed by atoms with Crippen LogP contribution in [0.15, 0.2) is 0 Å². The minimum atomic E-state index is -1.41. The van der Waals surface area contributed by atoms with E-state index in [0.29, 0.717) is 13.0 Å². The predicted octanol–water partition coefficient (Wildman–Crippen LogP) is -2.29. The Hall–Kier alpha value is -2.33. The zero-order valence-corrected chi connectivity index (χ0v) is 15.3. The highest BCUT2D eigenvalue weighted by atomic mass is 16.2. The van der Waals surface area contributed by atoms with E-state index in [1.165, 1.54) is 0 Å². The Balaban J connectivity index is 2.01. The number of rotatable bonds is 0. The van der Waals surface area contributed by atoms with Gasteiger partial charge in [0, 0.05) is 25.2 Å². The first kappa shape index (κ1) is 21.0. The summed E-state index contributed by atoms with van der Waals surface area (Å²) in [4.78, 5) is 59.0. The molecule has 4 amide bonds. The molecule has 0 bridgehead atoms. The largest absolute Gasteiger partial charge is 0.347 e. The molecule has 1 heterocycles. The van der Waals surface area contributed by atoms with Gasteiger partial charge in [-0.1, -0.05) is 12.8 Å². The Morgan fingerprint density at radius 1 is 0.630 bits per heavy atom. The first-order valence-corrected chi connectivity index (χ1v) is 9.41. The highest BCUT2D eigenvalue weighted by Crippen LogP contribution is 2.18. The van der Waals surface area contributed by atoms with Crippen LogP contribution >= 0.6 is 0 Å². The normalized spacial score (nSPS) is 27.5. The number of Topliss-reactive ketones (excluding diaryl/α,β-unsaturated/α-hetero) is 1. The van der Waals surface area contributed by atoms with Gasteiger partial charge in [-0.05, 0) is 38.8 Å². The second-order valence-corrected chi connectivity index (χ2v) is 6.75. The summed E-state index contributed by atoms with van der Waals surface area (Å²) in [6.07, 6.45) is 5.42. The minimum absolute atomic E-state index is 0.0396. The minimum Gasteiger partial charge on any atom is -0.347 e. The van der Waals surface area contributed by atoms with Gasteiger partial charge in [0.15, 0.2) is 0 Å². The molecule has 0 spiro atoms. The summed E-state index contributed by atoms with van der Waals surface area (Å²) in [6, 6.07) is -0.211. The van der Waals surface area contributed by atoms with Crippen LogP contribution in [-0.2, 0) is 24.0 Å². The lowest BCUT2D eigenvalue weighted by Gasteiger charge is -2.32. The molecule has 1 saturated carbocycles. The van der Waals surface area contributed by atoms with Gasteiger partial charge in [-0.3, -0.25) is 29.3 Å². The van der Waals surface area contributed by atoms with E-state index in [1.807, 2.05) is 0 Å². The van der Waals surface area contributed by atoms with Gasteiger partial charge in [-0.25, -0.2) is 0 Å². The quantitative estimate of drug-likeness (QED) is 0.235. The molecule has 1 saturated heterocycles. The second-order valence-electron chi connectivity index (χ2n) is 6.75. The Labute approximate surface area is 157 Å². The van der Waals surface area contributed by atoms with E-state index >= 15 is 0 Å². The van der Waals surface area contributed by atoms with Crippen LogP contribution in [0.1, 0.15) is 38.5 Å². The summed E-state index contributed by atoms with van der Waals surface area (Å²) in [6.45, 7) is 2.25. The van der Waals surface area contributed by atoms with Crippen molar-refractivity contribution >= 4 is 29.4 Å². The first-order chi connectivity index (χ1) is 13.0. The number of carbonyl (C=O) groups is 5.